The number of nitrogens with zero attached hydrogens (tertiary/aromatic N) is 1. The van der Waals surface area contributed by atoms with Gasteiger partial charge >= 0.3 is 5.97 Å². The van der Waals surface area contributed by atoms with Crippen LogP contribution in [0.15, 0.2) is 36.4 Å². The van der Waals surface area contributed by atoms with Gasteiger partial charge in [0.25, 0.3) is 0 Å². The Morgan fingerprint density at radius 2 is 1.70 bits per heavy atom. The molecule has 0 unspecified atom stereocenters. The SMILES string of the molecule is COC(=O)CCC(=O)N[C@@H](C)C(=O)N[C@@H](C)C(=O)N1CCC[C@H]1C(=O)N[C@@H](CCSC)C(=O)Nc1cc(OC)c2ccccc2c1. The van der Waals surface area contributed by atoms with Crippen LogP contribution < -0.4 is 26.0 Å². The first-order valence-electron chi connectivity index (χ1n) is 15.1. The van der Waals surface area contributed by atoms with Gasteiger partial charge in [-0.25, -0.2) is 0 Å². The number of amides is 5. The van der Waals surface area contributed by atoms with Gasteiger partial charge in [0.2, 0.25) is 29.5 Å². The van der Waals surface area contributed by atoms with Gasteiger partial charge in [-0.15, -0.1) is 0 Å². The van der Waals surface area contributed by atoms with Crippen LogP contribution in [0.5, 0.6) is 5.75 Å². The average molecular weight is 658 g/mol. The first kappa shape index (κ1) is 36.1. The Morgan fingerprint density at radius 3 is 2.39 bits per heavy atom. The highest BCUT2D eigenvalue weighted by atomic mass is 32.2. The summed E-state index contributed by atoms with van der Waals surface area (Å²) >= 11 is 1.54. The minimum Gasteiger partial charge on any atom is -0.496 e. The van der Waals surface area contributed by atoms with Crippen LogP contribution in [-0.2, 0) is 33.5 Å². The highest BCUT2D eigenvalue weighted by molar-refractivity contribution is 7.98. The van der Waals surface area contributed by atoms with Gasteiger partial charge in [-0.05, 0) is 56.6 Å². The summed E-state index contributed by atoms with van der Waals surface area (Å²) in [6, 6.07) is 7.61. The molecule has 3 rings (SSSR count). The topological polar surface area (TPSA) is 172 Å². The van der Waals surface area contributed by atoms with Gasteiger partial charge < -0.3 is 35.6 Å². The van der Waals surface area contributed by atoms with Crippen LogP contribution in [0.2, 0.25) is 0 Å². The van der Waals surface area contributed by atoms with E-state index in [0.717, 1.165) is 10.8 Å². The molecule has 1 aliphatic rings. The Hall–Kier alpha value is -4.33. The average Bonchev–Trinajstić information content (AvgIpc) is 3.54. The summed E-state index contributed by atoms with van der Waals surface area (Å²) in [5.41, 5.74) is 0.528. The van der Waals surface area contributed by atoms with E-state index in [4.69, 9.17) is 4.74 Å². The molecule has 4 atom stereocenters. The van der Waals surface area contributed by atoms with Gasteiger partial charge in [-0.2, -0.15) is 11.8 Å². The summed E-state index contributed by atoms with van der Waals surface area (Å²) < 4.78 is 10.0. The molecule has 0 aromatic heterocycles. The number of esters is 1. The second-order valence-corrected chi connectivity index (χ2v) is 12.0. The largest absolute Gasteiger partial charge is 0.496 e. The number of carbonyl (C=O) groups is 6. The number of hydrogen-bond acceptors (Lipinski definition) is 9. The maximum atomic E-state index is 13.5. The van der Waals surface area contributed by atoms with Crippen LogP contribution in [0.4, 0.5) is 5.69 Å². The number of thioether (sulfide) groups is 1. The number of nitrogens with one attached hydrogen (secondary N) is 4. The summed E-state index contributed by atoms with van der Waals surface area (Å²) in [4.78, 5) is 77.7. The van der Waals surface area contributed by atoms with Gasteiger partial charge in [-0.3, -0.25) is 28.8 Å². The zero-order valence-corrected chi connectivity index (χ0v) is 27.7. The molecule has 1 aliphatic heterocycles. The van der Waals surface area contributed by atoms with E-state index in [0.29, 0.717) is 43.0 Å². The van der Waals surface area contributed by atoms with Crippen LogP contribution >= 0.6 is 11.8 Å². The zero-order valence-electron chi connectivity index (χ0n) is 26.8. The van der Waals surface area contributed by atoms with Crippen LogP contribution in [0.25, 0.3) is 10.8 Å². The molecule has 1 heterocycles. The highest BCUT2D eigenvalue weighted by Gasteiger charge is 2.38. The van der Waals surface area contributed by atoms with Crippen molar-refractivity contribution in [3.63, 3.8) is 0 Å². The van der Waals surface area contributed by atoms with Crippen molar-refractivity contribution in [2.75, 3.05) is 38.1 Å². The second-order valence-electron chi connectivity index (χ2n) is 11.0. The predicted molar refractivity (Wildman–Crippen MR) is 175 cm³/mol. The molecule has 1 fully saturated rings. The molecule has 46 heavy (non-hydrogen) atoms. The number of rotatable bonds is 15. The maximum absolute atomic E-state index is 13.5. The molecule has 0 saturated carbocycles. The molecule has 0 aliphatic carbocycles. The number of fused-ring (bicyclic) bond motifs is 1. The molecule has 250 valence electrons. The van der Waals surface area contributed by atoms with Crippen molar-refractivity contribution in [1.82, 2.24) is 20.9 Å². The quantitative estimate of drug-likeness (QED) is 0.209. The standard InChI is InChI=1S/C32H43N5O8S/c1-19(33-27(38)12-13-28(39)45-4)29(40)34-20(2)32(43)37-15-8-11-25(37)31(42)36-24(14-16-46-5)30(41)35-22-17-21-9-6-7-10-23(21)26(18-22)44-3/h6-7,9-10,17-20,24-25H,8,11-16H2,1-5H3,(H,33,38)(H,34,40)(H,35,41)(H,36,42)/t19-,20-,24-,25-/m0/s1. The van der Waals surface area contributed by atoms with E-state index < -0.39 is 53.8 Å². The van der Waals surface area contributed by atoms with Crippen LogP contribution in [0.1, 0.15) is 46.0 Å². The molecule has 1 saturated heterocycles. The van der Waals surface area contributed by atoms with E-state index in [1.807, 2.05) is 36.6 Å². The predicted octanol–water partition coefficient (Wildman–Crippen LogP) is 1.98. The number of ether oxygens (including phenoxy) is 2. The Kier molecular flexibility index (Phi) is 13.7. The summed E-state index contributed by atoms with van der Waals surface area (Å²) in [6.07, 6.45) is 3.00. The Bertz CT molecular complexity index is 1440. The smallest absolute Gasteiger partial charge is 0.306 e. The fraction of sp³-hybridized carbons (Fsp3) is 0.500. The minimum atomic E-state index is -0.978. The lowest BCUT2D eigenvalue weighted by Gasteiger charge is -2.29. The first-order chi connectivity index (χ1) is 22.0. The molecule has 0 radical (unpaired) electrons. The molecular formula is C32H43N5O8S. The highest BCUT2D eigenvalue weighted by Crippen LogP contribution is 2.30. The van der Waals surface area contributed by atoms with Crippen molar-refractivity contribution in [2.45, 2.75) is 70.1 Å². The van der Waals surface area contributed by atoms with E-state index in [1.54, 1.807) is 24.9 Å². The van der Waals surface area contributed by atoms with Crippen LogP contribution in [-0.4, -0.2) is 97.3 Å². The maximum Gasteiger partial charge on any atom is 0.306 e. The molecular weight excluding hydrogens is 614 g/mol. The Labute approximate surface area is 272 Å². The lowest BCUT2D eigenvalue weighted by atomic mass is 10.1. The number of hydrogen-bond donors (Lipinski definition) is 4. The second kappa shape index (κ2) is 17.4. The number of methoxy groups -OCH3 is 2. The van der Waals surface area contributed by atoms with Gasteiger partial charge in [0.05, 0.1) is 20.6 Å². The molecule has 2 aromatic rings. The lowest BCUT2D eigenvalue weighted by molar-refractivity contribution is -0.142. The molecule has 13 nitrogen and oxygen atoms in total. The number of likely N-dealkylation sites (tertiary alicyclic amines) is 1. The Morgan fingerprint density at radius 1 is 0.957 bits per heavy atom. The molecule has 0 bridgehead atoms. The zero-order chi connectivity index (χ0) is 33.8. The fourth-order valence-electron chi connectivity index (χ4n) is 5.17. The Balaban J connectivity index is 1.62. The summed E-state index contributed by atoms with van der Waals surface area (Å²) in [5.74, 6) is -1.72. The molecule has 4 N–H and O–H groups in total. The van der Waals surface area contributed by atoms with Crippen molar-refractivity contribution in [3.05, 3.63) is 36.4 Å². The van der Waals surface area contributed by atoms with Crippen molar-refractivity contribution in [3.8, 4) is 5.75 Å². The van der Waals surface area contributed by atoms with Crippen molar-refractivity contribution in [1.29, 1.82) is 0 Å². The molecule has 14 heteroatoms. The van der Waals surface area contributed by atoms with Gasteiger partial charge in [-0.1, -0.05) is 24.3 Å². The third-order valence-corrected chi connectivity index (χ3v) is 8.32. The van der Waals surface area contributed by atoms with E-state index in [9.17, 15) is 28.8 Å². The molecule has 5 amide bonds. The minimum absolute atomic E-state index is 0.123. The van der Waals surface area contributed by atoms with E-state index in [2.05, 4.69) is 26.0 Å². The summed E-state index contributed by atoms with van der Waals surface area (Å²) in [6.45, 7) is 3.28. The van der Waals surface area contributed by atoms with Crippen molar-refractivity contribution < 1.29 is 38.2 Å². The normalized spacial score (nSPS) is 16.1. The number of carbonyl (C=O) groups excluding carboxylic acids is 6. The third kappa shape index (κ3) is 9.83. The van der Waals surface area contributed by atoms with Crippen LogP contribution in [0, 0.1) is 0 Å². The van der Waals surface area contributed by atoms with Gasteiger partial charge in [0.1, 0.15) is 29.9 Å². The number of anilines is 1. The van der Waals surface area contributed by atoms with Crippen LogP contribution in [0.3, 0.4) is 0 Å². The van der Waals surface area contributed by atoms with E-state index in [-0.39, 0.29) is 18.7 Å². The van der Waals surface area contributed by atoms with Crippen molar-refractivity contribution >= 4 is 63.7 Å². The van der Waals surface area contributed by atoms with Gasteiger partial charge in [0.15, 0.2) is 0 Å². The molecule has 0 spiro atoms. The lowest BCUT2D eigenvalue weighted by Crippen LogP contribution is -2.56. The fourth-order valence-corrected chi connectivity index (χ4v) is 5.64. The van der Waals surface area contributed by atoms with E-state index >= 15 is 0 Å². The monoisotopic (exact) mass is 657 g/mol. The van der Waals surface area contributed by atoms with Gasteiger partial charge in [0, 0.05) is 30.1 Å². The third-order valence-electron chi connectivity index (χ3n) is 7.68. The summed E-state index contributed by atoms with van der Waals surface area (Å²) in [5, 5.41) is 12.6. The first-order valence-corrected chi connectivity index (χ1v) is 16.5. The van der Waals surface area contributed by atoms with E-state index in [1.165, 1.54) is 25.9 Å². The molecule has 2 aromatic carbocycles. The van der Waals surface area contributed by atoms with Crippen molar-refractivity contribution in [2.24, 2.45) is 0 Å². The summed E-state index contributed by atoms with van der Waals surface area (Å²) in [7, 11) is 2.78. The number of benzene rings is 2.